The second-order valence-electron chi connectivity index (χ2n) is 4.55. The predicted octanol–water partition coefficient (Wildman–Crippen LogP) is 1.20. The summed E-state index contributed by atoms with van der Waals surface area (Å²) in [4.78, 5) is 19.2. The molecule has 0 aliphatic carbocycles. The van der Waals surface area contributed by atoms with E-state index < -0.39 is 0 Å². The summed E-state index contributed by atoms with van der Waals surface area (Å²) < 4.78 is 4.98. The molecular formula is C12H20N4O2S. The van der Waals surface area contributed by atoms with Crippen molar-refractivity contribution in [1.29, 1.82) is 0 Å². The number of carbonyl (C=O) groups is 1. The summed E-state index contributed by atoms with van der Waals surface area (Å²) in [6.45, 7) is 8.01. The van der Waals surface area contributed by atoms with Gasteiger partial charge in [-0.05, 0) is 20.9 Å². The van der Waals surface area contributed by atoms with E-state index in [4.69, 9.17) is 4.74 Å². The largest absolute Gasteiger partial charge is 0.461 e. The number of thiazole rings is 1. The number of aryl methyl sites for hydroxylation is 1. The van der Waals surface area contributed by atoms with E-state index in [2.05, 4.69) is 27.4 Å². The van der Waals surface area contributed by atoms with Crippen molar-refractivity contribution < 1.29 is 9.53 Å². The molecule has 1 aliphatic heterocycles. The van der Waals surface area contributed by atoms with E-state index in [0.717, 1.165) is 36.2 Å². The Morgan fingerprint density at radius 1 is 1.42 bits per heavy atom. The summed E-state index contributed by atoms with van der Waals surface area (Å²) in [6, 6.07) is 0. The van der Waals surface area contributed by atoms with Gasteiger partial charge in [0.15, 0.2) is 10.8 Å². The Labute approximate surface area is 117 Å². The molecule has 1 N–H and O–H groups in total. The van der Waals surface area contributed by atoms with Crippen molar-refractivity contribution in [3.8, 4) is 0 Å². The van der Waals surface area contributed by atoms with Gasteiger partial charge in [0.25, 0.3) is 0 Å². The van der Waals surface area contributed by atoms with Crippen molar-refractivity contribution in [3.05, 3.63) is 10.6 Å². The van der Waals surface area contributed by atoms with E-state index in [-0.39, 0.29) is 5.97 Å². The lowest BCUT2D eigenvalue weighted by atomic mass is 10.4. The standard InChI is InChI=1S/C12H20N4O2S/c1-4-18-11(17)10-9(2)19-12(13-10)14-16-7-5-15(3)6-8-16/h4-8H2,1-3H3,(H,13,14). The van der Waals surface area contributed by atoms with Gasteiger partial charge in [-0.3, -0.25) is 5.43 Å². The Morgan fingerprint density at radius 3 is 2.74 bits per heavy atom. The van der Waals surface area contributed by atoms with Crippen LogP contribution in [0.3, 0.4) is 0 Å². The summed E-state index contributed by atoms with van der Waals surface area (Å²) in [5.74, 6) is -0.345. The van der Waals surface area contributed by atoms with E-state index in [1.54, 1.807) is 6.92 Å². The van der Waals surface area contributed by atoms with E-state index in [1.807, 2.05) is 6.92 Å². The highest BCUT2D eigenvalue weighted by Gasteiger charge is 2.19. The third-order valence-corrected chi connectivity index (χ3v) is 3.90. The van der Waals surface area contributed by atoms with Crippen LogP contribution < -0.4 is 5.43 Å². The lowest BCUT2D eigenvalue weighted by Gasteiger charge is -2.32. The topological polar surface area (TPSA) is 57.7 Å². The van der Waals surface area contributed by atoms with Crippen molar-refractivity contribution in [2.45, 2.75) is 13.8 Å². The third-order valence-electron chi connectivity index (χ3n) is 3.02. The number of hydrazine groups is 1. The fourth-order valence-electron chi connectivity index (χ4n) is 1.89. The SMILES string of the molecule is CCOC(=O)c1nc(NN2CCN(C)CC2)sc1C. The fourth-order valence-corrected chi connectivity index (χ4v) is 2.71. The smallest absolute Gasteiger partial charge is 0.358 e. The van der Waals surface area contributed by atoms with Gasteiger partial charge in [0, 0.05) is 31.1 Å². The zero-order valence-electron chi connectivity index (χ0n) is 11.6. The highest BCUT2D eigenvalue weighted by molar-refractivity contribution is 7.15. The molecule has 106 valence electrons. The fraction of sp³-hybridized carbons (Fsp3) is 0.667. The number of aromatic nitrogens is 1. The van der Waals surface area contributed by atoms with E-state index >= 15 is 0 Å². The van der Waals surface area contributed by atoms with Crippen molar-refractivity contribution in [2.75, 3.05) is 45.3 Å². The van der Waals surface area contributed by atoms with Gasteiger partial charge >= 0.3 is 5.97 Å². The predicted molar refractivity (Wildman–Crippen MR) is 75.5 cm³/mol. The summed E-state index contributed by atoms with van der Waals surface area (Å²) >= 11 is 1.48. The van der Waals surface area contributed by atoms with Crippen LogP contribution in [0.5, 0.6) is 0 Å². The Morgan fingerprint density at radius 2 is 2.11 bits per heavy atom. The molecule has 0 spiro atoms. The number of hydrogen-bond acceptors (Lipinski definition) is 7. The monoisotopic (exact) mass is 284 g/mol. The van der Waals surface area contributed by atoms with Gasteiger partial charge in [0.2, 0.25) is 0 Å². The van der Waals surface area contributed by atoms with Crippen molar-refractivity contribution in [3.63, 3.8) is 0 Å². The van der Waals surface area contributed by atoms with Gasteiger partial charge in [0.05, 0.1) is 6.61 Å². The molecule has 6 nitrogen and oxygen atoms in total. The van der Waals surface area contributed by atoms with Crippen LogP contribution in [0.4, 0.5) is 5.13 Å². The van der Waals surface area contributed by atoms with Gasteiger partial charge in [-0.15, -0.1) is 11.3 Å². The average molecular weight is 284 g/mol. The second-order valence-corrected chi connectivity index (χ2v) is 5.75. The Hall–Kier alpha value is -1.18. The Bertz CT molecular complexity index is 441. The maximum Gasteiger partial charge on any atom is 0.358 e. The zero-order valence-corrected chi connectivity index (χ0v) is 12.4. The van der Waals surface area contributed by atoms with Gasteiger partial charge in [-0.1, -0.05) is 0 Å². The molecule has 19 heavy (non-hydrogen) atoms. The lowest BCUT2D eigenvalue weighted by Crippen LogP contribution is -2.46. The molecule has 1 saturated heterocycles. The lowest BCUT2D eigenvalue weighted by molar-refractivity contribution is 0.0519. The van der Waals surface area contributed by atoms with Crippen molar-refractivity contribution in [2.24, 2.45) is 0 Å². The molecule has 7 heteroatoms. The van der Waals surface area contributed by atoms with Crippen LogP contribution in [0.25, 0.3) is 0 Å². The third kappa shape index (κ3) is 3.65. The molecule has 0 aromatic carbocycles. The van der Waals surface area contributed by atoms with Gasteiger partial charge in [-0.2, -0.15) is 0 Å². The number of hydrogen-bond donors (Lipinski definition) is 1. The summed E-state index contributed by atoms with van der Waals surface area (Å²) in [7, 11) is 2.11. The Kier molecular flexibility index (Phi) is 4.73. The number of carbonyl (C=O) groups excluding carboxylic acids is 1. The first kappa shape index (κ1) is 14.2. The minimum atomic E-state index is -0.345. The summed E-state index contributed by atoms with van der Waals surface area (Å²) in [5, 5.41) is 2.89. The maximum absolute atomic E-state index is 11.7. The molecule has 0 bridgehead atoms. The molecule has 1 fully saturated rings. The first-order chi connectivity index (χ1) is 9.10. The minimum absolute atomic E-state index is 0.345. The van der Waals surface area contributed by atoms with E-state index in [0.29, 0.717) is 12.3 Å². The van der Waals surface area contributed by atoms with Gasteiger partial charge in [0.1, 0.15) is 0 Å². The van der Waals surface area contributed by atoms with Gasteiger partial charge in [-0.25, -0.2) is 14.8 Å². The molecule has 1 aromatic heterocycles. The highest BCUT2D eigenvalue weighted by atomic mass is 32.1. The highest BCUT2D eigenvalue weighted by Crippen LogP contribution is 2.23. The number of nitrogens with zero attached hydrogens (tertiary/aromatic N) is 3. The summed E-state index contributed by atoms with van der Waals surface area (Å²) in [6.07, 6.45) is 0. The summed E-state index contributed by atoms with van der Waals surface area (Å²) in [5.41, 5.74) is 3.69. The van der Waals surface area contributed by atoms with E-state index in [9.17, 15) is 4.79 Å². The molecule has 2 rings (SSSR count). The normalized spacial score (nSPS) is 17.4. The number of ether oxygens (including phenoxy) is 1. The van der Waals surface area contributed by atoms with Crippen molar-refractivity contribution in [1.82, 2.24) is 14.9 Å². The van der Waals surface area contributed by atoms with Crippen LogP contribution in [0.15, 0.2) is 0 Å². The first-order valence-corrected chi connectivity index (χ1v) is 7.26. The number of nitrogens with one attached hydrogen (secondary N) is 1. The van der Waals surface area contributed by atoms with Crippen LogP contribution in [0.2, 0.25) is 0 Å². The van der Waals surface area contributed by atoms with Gasteiger partial charge < -0.3 is 9.64 Å². The molecule has 0 amide bonds. The van der Waals surface area contributed by atoms with Crippen LogP contribution in [-0.4, -0.2) is 60.7 Å². The van der Waals surface area contributed by atoms with Crippen LogP contribution in [0.1, 0.15) is 22.3 Å². The molecule has 1 aromatic rings. The van der Waals surface area contributed by atoms with E-state index in [1.165, 1.54) is 11.3 Å². The molecule has 0 saturated carbocycles. The number of rotatable bonds is 4. The molecule has 2 heterocycles. The van der Waals surface area contributed by atoms with Crippen LogP contribution in [0, 0.1) is 6.92 Å². The number of esters is 1. The van der Waals surface area contributed by atoms with Crippen LogP contribution >= 0.6 is 11.3 Å². The quantitative estimate of drug-likeness (QED) is 0.839. The van der Waals surface area contributed by atoms with Crippen LogP contribution in [-0.2, 0) is 4.74 Å². The average Bonchev–Trinajstić information content (AvgIpc) is 2.74. The minimum Gasteiger partial charge on any atom is -0.461 e. The maximum atomic E-state index is 11.7. The first-order valence-electron chi connectivity index (χ1n) is 6.45. The number of piperazine rings is 1. The number of likely N-dealkylation sites (N-methyl/N-ethyl adjacent to an activating group) is 1. The molecule has 0 radical (unpaired) electrons. The van der Waals surface area contributed by atoms with Crippen molar-refractivity contribution >= 4 is 22.4 Å². The number of anilines is 1. The molecule has 0 unspecified atom stereocenters. The zero-order chi connectivity index (χ0) is 13.8. The molecule has 0 atom stereocenters. The molecule has 1 aliphatic rings. The molecular weight excluding hydrogens is 264 g/mol. The second kappa shape index (κ2) is 6.31. The Balaban J connectivity index is 1.98.